The van der Waals surface area contributed by atoms with Crippen molar-refractivity contribution >= 4 is 27.3 Å². The number of rotatable bonds is 4. The molecule has 0 aromatic carbocycles. The summed E-state index contributed by atoms with van der Waals surface area (Å²) in [6.07, 6.45) is 0. The van der Waals surface area contributed by atoms with Crippen molar-refractivity contribution in [3.8, 4) is 0 Å². The Hall–Kier alpha value is -1.23. The summed E-state index contributed by atoms with van der Waals surface area (Å²) in [5.74, 6) is -0.339. The predicted octanol–water partition coefficient (Wildman–Crippen LogP) is -1.16. The van der Waals surface area contributed by atoms with Crippen molar-refractivity contribution < 1.29 is 13.2 Å². The van der Waals surface area contributed by atoms with Crippen LogP contribution < -0.4 is 15.5 Å². The number of carbonyl (C=O) groups is 1. The molecular weight excluding hydrogens is 316 g/mol. The van der Waals surface area contributed by atoms with E-state index < -0.39 is 20.9 Å². The number of hydrogen-bond donors (Lipinski definition) is 3. The highest BCUT2D eigenvalue weighted by Gasteiger charge is 2.39. The van der Waals surface area contributed by atoms with Crippen molar-refractivity contribution in [3.63, 3.8) is 0 Å². The van der Waals surface area contributed by atoms with Crippen LogP contribution in [0.3, 0.4) is 0 Å². The average molecular weight is 334 g/mol. The zero-order valence-electron chi connectivity index (χ0n) is 11.8. The van der Waals surface area contributed by atoms with E-state index >= 15 is 0 Å². The number of piperazine rings is 1. The molecule has 1 aliphatic heterocycles. The summed E-state index contributed by atoms with van der Waals surface area (Å²) in [4.78, 5) is 25.4. The maximum absolute atomic E-state index is 12.7. The topological polar surface area (TPSA) is 111 Å². The summed E-state index contributed by atoms with van der Waals surface area (Å²) in [7, 11) is -3.86. The van der Waals surface area contributed by atoms with Gasteiger partial charge in [-0.3, -0.25) is 9.59 Å². The number of amides is 1. The second kappa shape index (κ2) is 6.26. The Balaban J connectivity index is 2.38. The number of carbonyl (C=O) groups excluding carboxylic acids is 1. The van der Waals surface area contributed by atoms with Gasteiger partial charge in [-0.05, 0) is 13.8 Å². The normalized spacial score (nSPS) is 20.4. The number of aromatic amines is 1. The van der Waals surface area contributed by atoms with Crippen LogP contribution in [0.1, 0.15) is 12.6 Å². The van der Waals surface area contributed by atoms with Gasteiger partial charge < -0.3 is 15.6 Å². The van der Waals surface area contributed by atoms with Crippen LogP contribution in [-0.2, 0) is 14.8 Å². The van der Waals surface area contributed by atoms with Crippen LogP contribution in [0.5, 0.6) is 0 Å². The molecular formula is C11H18N4O4S2. The number of likely N-dealkylation sites (N-methyl/N-ethyl adjacent to an activating group) is 1. The second-order valence-corrected chi connectivity index (χ2v) is 7.73. The quantitative estimate of drug-likeness (QED) is 0.643. The lowest BCUT2D eigenvalue weighted by Crippen LogP contribution is -2.59. The Bertz CT molecular complexity index is 679. The van der Waals surface area contributed by atoms with Crippen LogP contribution in [0.4, 0.5) is 0 Å². The van der Waals surface area contributed by atoms with Crippen LogP contribution in [0.15, 0.2) is 9.00 Å². The lowest BCUT2D eigenvalue weighted by atomic mass is 10.2. The zero-order chi connectivity index (χ0) is 15.6. The molecule has 0 aliphatic carbocycles. The fraction of sp³-hybridized carbons (Fsp3) is 0.636. The molecule has 21 heavy (non-hydrogen) atoms. The maximum Gasteiger partial charge on any atom is 0.305 e. The van der Waals surface area contributed by atoms with E-state index in [0.717, 1.165) is 0 Å². The molecule has 1 amide bonds. The third-order valence-electron chi connectivity index (χ3n) is 3.17. The zero-order valence-corrected chi connectivity index (χ0v) is 13.4. The van der Waals surface area contributed by atoms with Crippen molar-refractivity contribution in [2.24, 2.45) is 0 Å². The Morgan fingerprint density at radius 3 is 2.81 bits per heavy atom. The van der Waals surface area contributed by atoms with Crippen molar-refractivity contribution in [1.82, 2.24) is 19.9 Å². The molecule has 8 nitrogen and oxygen atoms in total. The van der Waals surface area contributed by atoms with Gasteiger partial charge in [-0.25, -0.2) is 8.42 Å². The third-order valence-corrected chi connectivity index (χ3v) is 6.66. The summed E-state index contributed by atoms with van der Waals surface area (Å²) in [6, 6.07) is -0.805. The van der Waals surface area contributed by atoms with Crippen molar-refractivity contribution in [2.75, 3.05) is 26.2 Å². The number of hydrogen-bond acceptors (Lipinski definition) is 6. The van der Waals surface area contributed by atoms with Gasteiger partial charge in [-0.1, -0.05) is 11.3 Å². The first-order valence-corrected chi connectivity index (χ1v) is 8.83. The van der Waals surface area contributed by atoms with E-state index in [1.807, 2.05) is 0 Å². The van der Waals surface area contributed by atoms with Crippen molar-refractivity contribution in [2.45, 2.75) is 24.1 Å². The van der Waals surface area contributed by atoms with Crippen LogP contribution in [0.25, 0.3) is 0 Å². The number of sulfonamides is 1. The van der Waals surface area contributed by atoms with E-state index in [0.29, 0.717) is 30.1 Å². The van der Waals surface area contributed by atoms with Gasteiger partial charge in [0, 0.05) is 31.9 Å². The number of aromatic nitrogens is 1. The van der Waals surface area contributed by atoms with Crippen molar-refractivity contribution in [3.05, 3.63) is 15.4 Å². The Kier molecular flexibility index (Phi) is 4.81. The first-order chi connectivity index (χ1) is 9.87. The molecule has 1 aromatic heterocycles. The second-order valence-electron chi connectivity index (χ2n) is 4.66. The highest BCUT2D eigenvalue weighted by molar-refractivity contribution is 7.91. The fourth-order valence-electron chi connectivity index (χ4n) is 2.23. The maximum atomic E-state index is 12.7. The lowest BCUT2D eigenvalue weighted by Gasteiger charge is -2.33. The first-order valence-electron chi connectivity index (χ1n) is 6.58. The van der Waals surface area contributed by atoms with Gasteiger partial charge in [0.05, 0.1) is 0 Å². The molecule has 2 heterocycles. The van der Waals surface area contributed by atoms with E-state index in [1.54, 1.807) is 6.92 Å². The molecule has 1 unspecified atom stereocenters. The van der Waals surface area contributed by atoms with E-state index in [2.05, 4.69) is 15.6 Å². The Morgan fingerprint density at radius 2 is 2.24 bits per heavy atom. The monoisotopic (exact) mass is 334 g/mol. The van der Waals surface area contributed by atoms with Gasteiger partial charge in [-0.2, -0.15) is 4.31 Å². The summed E-state index contributed by atoms with van der Waals surface area (Å²) in [5, 5.41) is 5.65. The lowest BCUT2D eigenvalue weighted by molar-refractivity contribution is -0.125. The summed E-state index contributed by atoms with van der Waals surface area (Å²) in [6.45, 7) is 4.65. The predicted molar refractivity (Wildman–Crippen MR) is 78.9 cm³/mol. The molecule has 10 heteroatoms. The summed E-state index contributed by atoms with van der Waals surface area (Å²) >= 11 is 0.649. The highest BCUT2D eigenvalue weighted by Crippen LogP contribution is 2.23. The van der Waals surface area contributed by atoms with E-state index in [-0.39, 0.29) is 23.2 Å². The first kappa shape index (κ1) is 16.1. The van der Waals surface area contributed by atoms with Gasteiger partial charge in [0.15, 0.2) is 4.21 Å². The third kappa shape index (κ3) is 3.18. The number of nitrogens with zero attached hydrogens (tertiary/aromatic N) is 1. The van der Waals surface area contributed by atoms with E-state index in [9.17, 15) is 18.0 Å². The van der Waals surface area contributed by atoms with Gasteiger partial charge in [-0.15, -0.1) is 0 Å². The van der Waals surface area contributed by atoms with Gasteiger partial charge in [0.1, 0.15) is 6.04 Å². The molecule has 1 aliphatic rings. The Labute approximate surface area is 126 Å². The van der Waals surface area contributed by atoms with Gasteiger partial charge in [0.2, 0.25) is 5.91 Å². The highest BCUT2D eigenvalue weighted by atomic mass is 32.2. The molecule has 1 aromatic rings. The summed E-state index contributed by atoms with van der Waals surface area (Å²) in [5.41, 5.74) is 0.304. The molecule has 0 radical (unpaired) electrons. The average Bonchev–Trinajstić information content (AvgIpc) is 2.79. The number of nitrogens with one attached hydrogen (secondary N) is 3. The molecule has 0 bridgehead atoms. The molecule has 1 fully saturated rings. The SMILES string of the molecule is CCNC(=O)C1CNCCN1S(=O)(=O)c1sc(=O)[nH]c1C. The van der Waals surface area contributed by atoms with Crippen LogP contribution in [-0.4, -0.2) is 55.8 Å². The largest absolute Gasteiger partial charge is 0.355 e. The Morgan fingerprint density at radius 1 is 1.52 bits per heavy atom. The van der Waals surface area contributed by atoms with Crippen LogP contribution >= 0.6 is 11.3 Å². The molecule has 0 saturated carbocycles. The standard InChI is InChI=1S/C11H18N4O4S2/c1-3-13-9(16)8-6-12-4-5-15(8)21(18,19)10-7(2)14-11(17)20-10/h8,12H,3-6H2,1-2H3,(H,13,16)(H,14,17). The molecule has 2 rings (SSSR count). The van der Waals surface area contributed by atoms with Gasteiger partial charge in [0.25, 0.3) is 10.0 Å². The molecule has 1 atom stereocenters. The van der Waals surface area contributed by atoms with Crippen LogP contribution in [0, 0.1) is 6.92 Å². The number of H-pyrrole nitrogens is 1. The van der Waals surface area contributed by atoms with Crippen LogP contribution in [0.2, 0.25) is 0 Å². The fourth-order valence-corrected chi connectivity index (χ4v) is 5.23. The smallest absolute Gasteiger partial charge is 0.305 e. The minimum atomic E-state index is -3.86. The molecule has 0 spiro atoms. The minimum absolute atomic E-state index is 0.0244. The summed E-state index contributed by atoms with van der Waals surface area (Å²) < 4.78 is 26.6. The van der Waals surface area contributed by atoms with Crippen molar-refractivity contribution in [1.29, 1.82) is 0 Å². The minimum Gasteiger partial charge on any atom is -0.355 e. The molecule has 3 N–H and O–H groups in total. The number of thiazole rings is 1. The molecule has 118 valence electrons. The number of aryl methyl sites for hydroxylation is 1. The van der Waals surface area contributed by atoms with E-state index in [1.165, 1.54) is 11.2 Å². The van der Waals surface area contributed by atoms with E-state index in [4.69, 9.17) is 0 Å². The van der Waals surface area contributed by atoms with Gasteiger partial charge >= 0.3 is 4.87 Å². The molecule has 1 saturated heterocycles.